The molecule has 0 radical (unpaired) electrons. The standard InChI is InChI=1S/C45H29N3/c1-3-13-31(14-4-1)40-22-9-18-32-19-10-23-41(42(32)40)45-47-43(33-15-5-2-6-16-33)46-44(48-45)37-26-27-39-35(29-37)20-11-21-38(39)36-25-24-30-12-7-8-17-34(30)28-36/h1-29H. The van der Waals surface area contributed by atoms with Gasteiger partial charge in [0.05, 0.1) is 0 Å². The molecule has 0 fully saturated rings. The zero-order valence-corrected chi connectivity index (χ0v) is 26.1. The number of hydrogen-bond donors (Lipinski definition) is 0. The Morgan fingerprint density at radius 3 is 1.58 bits per heavy atom. The van der Waals surface area contributed by atoms with Crippen LogP contribution in [0.15, 0.2) is 176 Å². The summed E-state index contributed by atoms with van der Waals surface area (Å²) >= 11 is 0. The third-order valence-corrected chi connectivity index (χ3v) is 9.10. The van der Waals surface area contributed by atoms with E-state index in [0.29, 0.717) is 17.5 Å². The van der Waals surface area contributed by atoms with Crippen molar-refractivity contribution in [1.29, 1.82) is 0 Å². The van der Waals surface area contributed by atoms with E-state index in [1.54, 1.807) is 0 Å². The van der Waals surface area contributed by atoms with Crippen LogP contribution >= 0.6 is 0 Å². The van der Waals surface area contributed by atoms with Crippen LogP contribution in [-0.2, 0) is 0 Å². The van der Waals surface area contributed by atoms with Crippen LogP contribution in [0.1, 0.15) is 0 Å². The van der Waals surface area contributed by atoms with Crippen LogP contribution < -0.4 is 0 Å². The van der Waals surface area contributed by atoms with E-state index in [1.807, 2.05) is 24.3 Å². The maximum atomic E-state index is 5.18. The molecule has 8 aromatic carbocycles. The zero-order valence-electron chi connectivity index (χ0n) is 26.1. The minimum atomic E-state index is 0.644. The second kappa shape index (κ2) is 11.7. The molecule has 0 amide bonds. The van der Waals surface area contributed by atoms with Crippen LogP contribution in [0.25, 0.3) is 88.7 Å². The van der Waals surface area contributed by atoms with Gasteiger partial charge in [-0.2, -0.15) is 0 Å². The van der Waals surface area contributed by atoms with Gasteiger partial charge >= 0.3 is 0 Å². The van der Waals surface area contributed by atoms with Gasteiger partial charge in [0.15, 0.2) is 17.5 Å². The minimum Gasteiger partial charge on any atom is -0.208 e. The highest BCUT2D eigenvalue weighted by molar-refractivity contribution is 6.06. The van der Waals surface area contributed by atoms with E-state index >= 15 is 0 Å². The van der Waals surface area contributed by atoms with E-state index in [2.05, 4.69) is 152 Å². The summed E-state index contributed by atoms with van der Waals surface area (Å²) in [5.74, 6) is 1.94. The van der Waals surface area contributed by atoms with Gasteiger partial charge in [-0.1, -0.05) is 164 Å². The normalized spacial score (nSPS) is 11.3. The molecule has 0 unspecified atom stereocenters. The van der Waals surface area contributed by atoms with Crippen LogP contribution in [0, 0.1) is 0 Å². The van der Waals surface area contributed by atoms with Crippen molar-refractivity contribution in [3.05, 3.63) is 176 Å². The molecule has 1 aromatic heterocycles. The van der Waals surface area contributed by atoms with Gasteiger partial charge in [-0.15, -0.1) is 0 Å². The number of hydrogen-bond acceptors (Lipinski definition) is 3. The van der Waals surface area contributed by atoms with Gasteiger partial charge in [-0.05, 0) is 61.3 Å². The fourth-order valence-corrected chi connectivity index (χ4v) is 6.76. The van der Waals surface area contributed by atoms with Gasteiger partial charge in [0.1, 0.15) is 0 Å². The highest BCUT2D eigenvalue weighted by atomic mass is 15.0. The molecule has 3 heteroatoms. The molecular formula is C45H29N3. The Balaban J connectivity index is 1.23. The number of nitrogens with zero attached hydrogens (tertiary/aromatic N) is 3. The predicted octanol–water partition coefficient (Wildman–Crippen LogP) is 11.7. The molecule has 0 bridgehead atoms. The summed E-state index contributed by atoms with van der Waals surface area (Å²) in [5.41, 5.74) is 7.59. The lowest BCUT2D eigenvalue weighted by molar-refractivity contribution is 1.08. The Hall–Kier alpha value is -6.45. The molecule has 0 saturated heterocycles. The summed E-state index contributed by atoms with van der Waals surface area (Å²) in [5, 5.41) is 7.07. The minimum absolute atomic E-state index is 0.644. The topological polar surface area (TPSA) is 38.7 Å². The summed E-state index contributed by atoms with van der Waals surface area (Å²) in [4.78, 5) is 15.3. The van der Waals surface area contributed by atoms with Crippen molar-refractivity contribution in [3.63, 3.8) is 0 Å². The van der Waals surface area contributed by atoms with E-state index in [4.69, 9.17) is 15.0 Å². The van der Waals surface area contributed by atoms with Crippen molar-refractivity contribution in [2.24, 2.45) is 0 Å². The fraction of sp³-hybridized carbons (Fsp3) is 0. The molecule has 9 aromatic rings. The first-order chi connectivity index (χ1) is 23.8. The predicted molar refractivity (Wildman–Crippen MR) is 200 cm³/mol. The monoisotopic (exact) mass is 611 g/mol. The number of benzene rings is 8. The van der Waals surface area contributed by atoms with Crippen molar-refractivity contribution in [1.82, 2.24) is 15.0 Å². The largest absolute Gasteiger partial charge is 0.208 e. The van der Waals surface area contributed by atoms with Crippen LogP contribution in [0.3, 0.4) is 0 Å². The molecule has 9 rings (SSSR count). The summed E-state index contributed by atoms with van der Waals surface area (Å²) in [7, 11) is 0. The Labute approximate surface area is 278 Å². The molecule has 0 atom stereocenters. The number of fused-ring (bicyclic) bond motifs is 3. The molecule has 48 heavy (non-hydrogen) atoms. The van der Waals surface area contributed by atoms with Crippen LogP contribution in [0.4, 0.5) is 0 Å². The van der Waals surface area contributed by atoms with Gasteiger partial charge in [0, 0.05) is 22.1 Å². The van der Waals surface area contributed by atoms with Gasteiger partial charge in [-0.25, -0.2) is 15.0 Å². The maximum Gasteiger partial charge on any atom is 0.164 e. The first-order valence-corrected chi connectivity index (χ1v) is 16.2. The van der Waals surface area contributed by atoms with Crippen molar-refractivity contribution in [2.45, 2.75) is 0 Å². The summed E-state index contributed by atoms with van der Waals surface area (Å²) in [6.07, 6.45) is 0. The molecule has 0 saturated carbocycles. The second-order valence-corrected chi connectivity index (χ2v) is 12.1. The summed E-state index contributed by atoms with van der Waals surface area (Å²) < 4.78 is 0. The zero-order chi connectivity index (χ0) is 31.9. The molecule has 0 aliphatic rings. The number of rotatable bonds is 5. The lowest BCUT2D eigenvalue weighted by Crippen LogP contribution is -2.01. The second-order valence-electron chi connectivity index (χ2n) is 12.1. The van der Waals surface area contributed by atoms with Gasteiger partial charge in [-0.3, -0.25) is 0 Å². The van der Waals surface area contributed by atoms with Gasteiger partial charge in [0.25, 0.3) is 0 Å². The molecular weight excluding hydrogens is 583 g/mol. The molecule has 0 aliphatic heterocycles. The highest BCUT2D eigenvalue weighted by Gasteiger charge is 2.17. The van der Waals surface area contributed by atoms with Gasteiger partial charge < -0.3 is 0 Å². The molecule has 0 spiro atoms. The van der Waals surface area contributed by atoms with Crippen molar-refractivity contribution in [3.8, 4) is 56.4 Å². The lowest BCUT2D eigenvalue weighted by atomic mass is 9.94. The van der Waals surface area contributed by atoms with Gasteiger partial charge in [0.2, 0.25) is 0 Å². The Morgan fingerprint density at radius 1 is 0.271 bits per heavy atom. The van der Waals surface area contributed by atoms with E-state index in [-0.39, 0.29) is 0 Å². The third kappa shape index (κ3) is 4.99. The van der Waals surface area contributed by atoms with Crippen LogP contribution in [-0.4, -0.2) is 15.0 Å². The average molecular weight is 612 g/mol. The summed E-state index contributed by atoms with van der Waals surface area (Å²) in [6, 6.07) is 61.7. The molecule has 0 N–H and O–H groups in total. The van der Waals surface area contributed by atoms with Crippen molar-refractivity contribution in [2.75, 3.05) is 0 Å². The van der Waals surface area contributed by atoms with Crippen LogP contribution in [0.5, 0.6) is 0 Å². The van der Waals surface area contributed by atoms with Crippen molar-refractivity contribution < 1.29 is 0 Å². The van der Waals surface area contributed by atoms with E-state index in [9.17, 15) is 0 Å². The van der Waals surface area contributed by atoms with Crippen molar-refractivity contribution >= 4 is 32.3 Å². The quantitative estimate of drug-likeness (QED) is 0.194. The fourth-order valence-electron chi connectivity index (χ4n) is 6.76. The molecule has 0 aliphatic carbocycles. The number of aromatic nitrogens is 3. The summed E-state index contributed by atoms with van der Waals surface area (Å²) in [6.45, 7) is 0. The molecule has 224 valence electrons. The highest BCUT2D eigenvalue weighted by Crippen LogP contribution is 2.37. The van der Waals surface area contributed by atoms with E-state index in [0.717, 1.165) is 44.0 Å². The van der Waals surface area contributed by atoms with E-state index < -0.39 is 0 Å². The SMILES string of the molecule is c1ccc(-c2nc(-c3ccc4c(-c5ccc6ccccc6c5)cccc4c3)nc(-c3cccc4cccc(-c5ccccc5)c34)n2)cc1. The van der Waals surface area contributed by atoms with E-state index in [1.165, 1.54) is 27.3 Å². The maximum absolute atomic E-state index is 5.18. The first kappa shape index (κ1) is 27.8. The Morgan fingerprint density at radius 2 is 0.812 bits per heavy atom. The molecule has 3 nitrogen and oxygen atoms in total. The Kier molecular flexibility index (Phi) is 6.80. The Bertz CT molecular complexity index is 2600. The lowest BCUT2D eigenvalue weighted by Gasteiger charge is -2.14. The smallest absolute Gasteiger partial charge is 0.164 e. The average Bonchev–Trinajstić information content (AvgIpc) is 3.17. The van der Waals surface area contributed by atoms with Crippen LogP contribution in [0.2, 0.25) is 0 Å². The first-order valence-electron chi connectivity index (χ1n) is 16.2. The third-order valence-electron chi connectivity index (χ3n) is 9.10. The molecule has 1 heterocycles.